The lowest BCUT2D eigenvalue weighted by atomic mass is 10.1. The van der Waals surface area contributed by atoms with Crippen molar-refractivity contribution in [2.75, 3.05) is 18.5 Å². The van der Waals surface area contributed by atoms with E-state index in [0.717, 1.165) is 28.3 Å². The zero-order chi connectivity index (χ0) is 22.8. The average molecular weight is 464 g/mol. The van der Waals surface area contributed by atoms with Gasteiger partial charge in [-0.2, -0.15) is 0 Å². The molecule has 0 bridgehead atoms. The maximum absolute atomic E-state index is 13.0. The van der Waals surface area contributed by atoms with E-state index in [0.29, 0.717) is 41.2 Å². The highest BCUT2D eigenvalue weighted by atomic mass is 32.1. The number of hydrogen-bond acceptors (Lipinski definition) is 8. The first-order valence-corrected chi connectivity index (χ1v) is 11.3. The van der Waals surface area contributed by atoms with Crippen molar-refractivity contribution in [2.45, 2.75) is 20.5 Å². The maximum atomic E-state index is 13.0. The average Bonchev–Trinajstić information content (AvgIpc) is 3.43. The van der Waals surface area contributed by atoms with Gasteiger partial charge in [0.25, 0.3) is 5.91 Å². The summed E-state index contributed by atoms with van der Waals surface area (Å²) in [5.74, 6) is 2.29. The molecule has 2 aromatic carbocycles. The first-order valence-electron chi connectivity index (χ1n) is 10.4. The summed E-state index contributed by atoms with van der Waals surface area (Å²) in [6.07, 6.45) is 0. The van der Waals surface area contributed by atoms with Crippen LogP contribution < -0.4 is 19.5 Å². The summed E-state index contributed by atoms with van der Waals surface area (Å²) in [5.41, 5.74) is 3.69. The number of rotatable bonds is 6. The number of para-hydroxylation sites is 1. The Bertz CT molecular complexity index is 1290. The second-order valence-corrected chi connectivity index (χ2v) is 8.30. The molecular weight excluding hydrogens is 442 g/mol. The van der Waals surface area contributed by atoms with Crippen LogP contribution in [-0.2, 0) is 6.61 Å². The minimum absolute atomic E-state index is 0.261. The number of thiazole rings is 1. The molecule has 1 aliphatic heterocycles. The summed E-state index contributed by atoms with van der Waals surface area (Å²) in [5, 5.41) is 9.19. The van der Waals surface area contributed by atoms with Crippen molar-refractivity contribution in [3.05, 3.63) is 70.4 Å². The fourth-order valence-corrected chi connectivity index (χ4v) is 4.18. The standard InChI is InChI=1S/C24H21N3O5S/c1-14-18(15(2)32-27-14)12-31-20-6-4-3-5-17(20)23(28)26-24-25-19(13-33-24)16-7-8-21-22(11-16)30-10-9-29-21/h3-8,11,13H,9-10,12H2,1-2H3,(H,25,26,28). The van der Waals surface area contributed by atoms with Gasteiger partial charge in [-0.05, 0) is 44.2 Å². The number of benzene rings is 2. The Balaban J connectivity index is 1.30. The number of amides is 1. The van der Waals surface area contributed by atoms with Gasteiger partial charge in [0.15, 0.2) is 16.6 Å². The number of carbonyl (C=O) groups excluding carboxylic acids is 1. The minimum atomic E-state index is -0.299. The third-order valence-corrected chi connectivity index (χ3v) is 6.01. The quantitative estimate of drug-likeness (QED) is 0.429. The number of anilines is 1. The molecule has 0 saturated heterocycles. The normalized spacial score (nSPS) is 12.4. The molecule has 0 aliphatic carbocycles. The molecule has 0 fully saturated rings. The SMILES string of the molecule is Cc1noc(C)c1COc1ccccc1C(=O)Nc1nc(-c2ccc3c(c2)OCCO3)cs1. The van der Waals surface area contributed by atoms with E-state index in [-0.39, 0.29) is 12.5 Å². The number of aryl methyl sites for hydroxylation is 2. The van der Waals surface area contributed by atoms with Crippen molar-refractivity contribution in [3.63, 3.8) is 0 Å². The van der Waals surface area contributed by atoms with Crippen molar-refractivity contribution in [2.24, 2.45) is 0 Å². The zero-order valence-corrected chi connectivity index (χ0v) is 18.9. The summed E-state index contributed by atoms with van der Waals surface area (Å²) in [6.45, 7) is 5.01. The first kappa shape index (κ1) is 21.0. The predicted molar refractivity (Wildman–Crippen MR) is 123 cm³/mol. The van der Waals surface area contributed by atoms with Gasteiger partial charge < -0.3 is 18.7 Å². The van der Waals surface area contributed by atoms with Crippen LogP contribution in [0.15, 0.2) is 52.4 Å². The lowest BCUT2D eigenvalue weighted by Gasteiger charge is -2.18. The third-order valence-electron chi connectivity index (χ3n) is 5.25. The second kappa shape index (κ2) is 8.95. The number of carbonyl (C=O) groups is 1. The van der Waals surface area contributed by atoms with Crippen LogP contribution in [0.4, 0.5) is 5.13 Å². The predicted octanol–water partition coefficient (Wildman–Crippen LogP) is 5.02. The molecule has 9 heteroatoms. The summed E-state index contributed by atoms with van der Waals surface area (Å²) >= 11 is 1.35. The number of nitrogens with one attached hydrogen (secondary N) is 1. The van der Waals surface area contributed by atoms with E-state index in [1.54, 1.807) is 18.2 Å². The Morgan fingerprint density at radius 1 is 1.12 bits per heavy atom. The third kappa shape index (κ3) is 4.40. The number of fused-ring (bicyclic) bond motifs is 1. The van der Waals surface area contributed by atoms with E-state index >= 15 is 0 Å². The first-order chi connectivity index (χ1) is 16.1. The van der Waals surface area contributed by atoms with Gasteiger partial charge in [-0.1, -0.05) is 17.3 Å². The van der Waals surface area contributed by atoms with E-state index in [2.05, 4.69) is 15.5 Å². The zero-order valence-electron chi connectivity index (χ0n) is 18.1. The fraction of sp³-hybridized carbons (Fsp3) is 0.208. The van der Waals surface area contributed by atoms with Crippen molar-refractivity contribution in [1.82, 2.24) is 10.1 Å². The van der Waals surface area contributed by atoms with Gasteiger partial charge >= 0.3 is 0 Å². The molecule has 5 rings (SSSR count). The lowest BCUT2D eigenvalue weighted by molar-refractivity contribution is 0.102. The number of nitrogens with zero attached hydrogens (tertiary/aromatic N) is 2. The second-order valence-electron chi connectivity index (χ2n) is 7.44. The van der Waals surface area contributed by atoms with Crippen LogP contribution in [0.25, 0.3) is 11.3 Å². The van der Waals surface area contributed by atoms with Gasteiger partial charge in [-0.3, -0.25) is 10.1 Å². The van der Waals surface area contributed by atoms with Crippen LogP contribution in [0.1, 0.15) is 27.4 Å². The minimum Gasteiger partial charge on any atom is -0.488 e. The van der Waals surface area contributed by atoms with Gasteiger partial charge in [0, 0.05) is 10.9 Å². The van der Waals surface area contributed by atoms with Gasteiger partial charge in [0.2, 0.25) is 0 Å². The molecule has 3 heterocycles. The topological polar surface area (TPSA) is 95.7 Å². The molecule has 1 amide bonds. The summed E-state index contributed by atoms with van der Waals surface area (Å²) in [6, 6.07) is 12.8. The van der Waals surface area contributed by atoms with Crippen molar-refractivity contribution >= 4 is 22.4 Å². The van der Waals surface area contributed by atoms with E-state index < -0.39 is 0 Å². The molecule has 2 aromatic heterocycles. The monoisotopic (exact) mass is 463 g/mol. The molecular formula is C24H21N3O5S. The molecule has 0 unspecified atom stereocenters. The van der Waals surface area contributed by atoms with Crippen LogP contribution in [0, 0.1) is 13.8 Å². The fourth-order valence-electron chi connectivity index (χ4n) is 3.47. The molecule has 1 aliphatic rings. The molecule has 33 heavy (non-hydrogen) atoms. The van der Waals surface area contributed by atoms with Crippen LogP contribution in [0.2, 0.25) is 0 Å². The van der Waals surface area contributed by atoms with E-state index in [4.69, 9.17) is 18.7 Å². The van der Waals surface area contributed by atoms with Gasteiger partial charge in [0.1, 0.15) is 31.3 Å². The Hall–Kier alpha value is -3.85. The molecule has 0 atom stereocenters. The highest BCUT2D eigenvalue weighted by molar-refractivity contribution is 7.14. The number of aromatic nitrogens is 2. The van der Waals surface area contributed by atoms with Crippen molar-refractivity contribution in [3.8, 4) is 28.5 Å². The summed E-state index contributed by atoms with van der Waals surface area (Å²) in [4.78, 5) is 17.5. The van der Waals surface area contributed by atoms with Crippen LogP contribution in [0.5, 0.6) is 17.2 Å². The van der Waals surface area contributed by atoms with Crippen molar-refractivity contribution in [1.29, 1.82) is 0 Å². The highest BCUT2D eigenvalue weighted by Gasteiger charge is 2.18. The van der Waals surface area contributed by atoms with Crippen molar-refractivity contribution < 1.29 is 23.5 Å². The maximum Gasteiger partial charge on any atom is 0.261 e. The van der Waals surface area contributed by atoms with Crippen LogP contribution in [0.3, 0.4) is 0 Å². The Kier molecular flexibility index (Phi) is 5.70. The molecule has 1 N–H and O–H groups in total. The van der Waals surface area contributed by atoms with Crippen LogP contribution in [-0.4, -0.2) is 29.3 Å². The summed E-state index contributed by atoms with van der Waals surface area (Å²) < 4.78 is 22.3. The van der Waals surface area contributed by atoms with E-state index in [1.807, 2.05) is 43.5 Å². The molecule has 0 spiro atoms. The lowest BCUT2D eigenvalue weighted by Crippen LogP contribution is -2.15. The molecule has 0 saturated carbocycles. The summed E-state index contributed by atoms with van der Waals surface area (Å²) in [7, 11) is 0. The molecule has 168 valence electrons. The molecule has 8 nitrogen and oxygen atoms in total. The van der Waals surface area contributed by atoms with E-state index in [1.165, 1.54) is 11.3 Å². The van der Waals surface area contributed by atoms with E-state index in [9.17, 15) is 4.79 Å². The number of ether oxygens (including phenoxy) is 3. The largest absolute Gasteiger partial charge is 0.488 e. The van der Waals surface area contributed by atoms with Gasteiger partial charge in [0.05, 0.1) is 22.5 Å². The highest BCUT2D eigenvalue weighted by Crippen LogP contribution is 2.35. The van der Waals surface area contributed by atoms with Gasteiger partial charge in [-0.15, -0.1) is 11.3 Å². The molecule has 0 radical (unpaired) electrons. The number of hydrogen-bond donors (Lipinski definition) is 1. The smallest absolute Gasteiger partial charge is 0.261 e. The Morgan fingerprint density at radius 3 is 2.76 bits per heavy atom. The molecule has 4 aromatic rings. The van der Waals surface area contributed by atoms with Gasteiger partial charge in [-0.25, -0.2) is 4.98 Å². The Labute approximate surface area is 194 Å². The Morgan fingerprint density at radius 2 is 1.94 bits per heavy atom. The van der Waals surface area contributed by atoms with Crippen LogP contribution >= 0.6 is 11.3 Å².